The number of rotatable bonds is 4. The lowest BCUT2D eigenvalue weighted by Gasteiger charge is -2.23. The molecule has 2 nitrogen and oxygen atoms in total. The van der Waals surface area contributed by atoms with Crippen LogP contribution < -0.4 is 5.32 Å². The van der Waals surface area contributed by atoms with Crippen LogP contribution in [0.3, 0.4) is 0 Å². The third-order valence-corrected chi connectivity index (χ3v) is 3.59. The first-order valence-electron chi connectivity index (χ1n) is 6.07. The molecule has 1 aromatic rings. The molecular weight excluding hydrogens is 186 g/mol. The molecule has 1 aromatic heterocycles. The maximum atomic E-state index is 5.40. The van der Waals surface area contributed by atoms with Crippen LogP contribution in [0, 0.1) is 5.92 Å². The molecule has 0 radical (unpaired) electrons. The Morgan fingerprint density at radius 1 is 1.33 bits per heavy atom. The van der Waals surface area contributed by atoms with Crippen molar-refractivity contribution in [1.29, 1.82) is 0 Å². The molecule has 1 fully saturated rings. The van der Waals surface area contributed by atoms with Crippen molar-refractivity contribution in [1.82, 2.24) is 5.32 Å². The van der Waals surface area contributed by atoms with Crippen LogP contribution in [-0.2, 0) is 0 Å². The monoisotopic (exact) mass is 207 g/mol. The second-order valence-corrected chi connectivity index (χ2v) is 4.74. The standard InChI is InChI=1S/C13H21NO/c1-10(12-6-3-4-7-12)14-11(2)13-8-5-9-15-13/h5,8-12,14H,3-4,6-7H2,1-2H3/t10-,11?/m1/s1. The maximum Gasteiger partial charge on any atom is 0.120 e. The first-order chi connectivity index (χ1) is 7.27. The van der Waals surface area contributed by atoms with Crippen LogP contribution in [0.4, 0.5) is 0 Å². The van der Waals surface area contributed by atoms with Crippen LogP contribution in [0.25, 0.3) is 0 Å². The quantitative estimate of drug-likeness (QED) is 0.817. The summed E-state index contributed by atoms with van der Waals surface area (Å²) in [5.41, 5.74) is 0. The van der Waals surface area contributed by atoms with Gasteiger partial charge in [0.25, 0.3) is 0 Å². The lowest BCUT2D eigenvalue weighted by molar-refractivity contribution is 0.327. The van der Waals surface area contributed by atoms with Gasteiger partial charge in [0.1, 0.15) is 5.76 Å². The topological polar surface area (TPSA) is 25.2 Å². The van der Waals surface area contributed by atoms with Crippen LogP contribution in [0.2, 0.25) is 0 Å². The number of nitrogens with one attached hydrogen (secondary N) is 1. The summed E-state index contributed by atoms with van der Waals surface area (Å²) in [4.78, 5) is 0. The molecular formula is C13H21NO. The predicted molar refractivity (Wildman–Crippen MR) is 61.7 cm³/mol. The van der Waals surface area contributed by atoms with E-state index in [1.807, 2.05) is 12.1 Å². The summed E-state index contributed by atoms with van der Waals surface area (Å²) in [5.74, 6) is 1.90. The Balaban J connectivity index is 1.85. The summed E-state index contributed by atoms with van der Waals surface area (Å²) in [5, 5.41) is 3.63. The van der Waals surface area contributed by atoms with Crippen molar-refractivity contribution in [3.05, 3.63) is 24.2 Å². The smallest absolute Gasteiger partial charge is 0.120 e. The molecule has 1 saturated carbocycles. The molecule has 0 amide bonds. The lowest BCUT2D eigenvalue weighted by atomic mass is 9.99. The summed E-state index contributed by atoms with van der Waals surface area (Å²) in [6.45, 7) is 4.47. The molecule has 2 atom stereocenters. The van der Waals surface area contributed by atoms with E-state index in [-0.39, 0.29) is 0 Å². The van der Waals surface area contributed by atoms with Gasteiger partial charge in [-0.1, -0.05) is 12.8 Å². The minimum absolute atomic E-state index is 0.329. The van der Waals surface area contributed by atoms with Gasteiger partial charge in [-0.3, -0.25) is 0 Å². The minimum atomic E-state index is 0.329. The van der Waals surface area contributed by atoms with Gasteiger partial charge in [-0.25, -0.2) is 0 Å². The van der Waals surface area contributed by atoms with Crippen molar-refractivity contribution in [2.75, 3.05) is 0 Å². The van der Waals surface area contributed by atoms with Gasteiger partial charge in [-0.05, 0) is 44.7 Å². The minimum Gasteiger partial charge on any atom is -0.468 e. The highest BCUT2D eigenvalue weighted by atomic mass is 16.3. The maximum absolute atomic E-state index is 5.40. The van der Waals surface area contributed by atoms with Crippen LogP contribution in [0.1, 0.15) is 51.3 Å². The summed E-state index contributed by atoms with van der Waals surface area (Å²) < 4.78 is 5.40. The van der Waals surface area contributed by atoms with E-state index in [0.29, 0.717) is 12.1 Å². The first-order valence-corrected chi connectivity index (χ1v) is 6.07. The van der Waals surface area contributed by atoms with Crippen LogP contribution in [-0.4, -0.2) is 6.04 Å². The highest BCUT2D eigenvalue weighted by Crippen LogP contribution is 2.28. The molecule has 0 bridgehead atoms. The molecule has 15 heavy (non-hydrogen) atoms. The van der Waals surface area contributed by atoms with E-state index < -0.39 is 0 Å². The van der Waals surface area contributed by atoms with E-state index >= 15 is 0 Å². The van der Waals surface area contributed by atoms with Crippen molar-refractivity contribution < 1.29 is 4.42 Å². The SMILES string of the molecule is CC(N[C@H](C)C1CCCC1)c1ccco1. The molecule has 0 saturated heterocycles. The fourth-order valence-corrected chi connectivity index (χ4v) is 2.61. The van der Waals surface area contributed by atoms with E-state index in [0.717, 1.165) is 11.7 Å². The molecule has 1 heterocycles. The van der Waals surface area contributed by atoms with Gasteiger partial charge in [0.2, 0.25) is 0 Å². The fourth-order valence-electron chi connectivity index (χ4n) is 2.61. The van der Waals surface area contributed by atoms with Gasteiger partial charge in [0.15, 0.2) is 0 Å². The molecule has 84 valence electrons. The lowest BCUT2D eigenvalue weighted by Crippen LogP contribution is -2.34. The molecule has 1 aliphatic rings. The summed E-state index contributed by atoms with van der Waals surface area (Å²) in [6.07, 6.45) is 7.34. The Morgan fingerprint density at radius 2 is 2.07 bits per heavy atom. The highest BCUT2D eigenvalue weighted by Gasteiger charge is 2.23. The Hall–Kier alpha value is -0.760. The number of hydrogen-bond donors (Lipinski definition) is 1. The average Bonchev–Trinajstić information content (AvgIpc) is 2.91. The Bertz CT molecular complexity index is 275. The number of hydrogen-bond acceptors (Lipinski definition) is 2. The molecule has 0 spiro atoms. The third kappa shape index (κ3) is 2.63. The van der Waals surface area contributed by atoms with Crippen LogP contribution in [0.15, 0.2) is 22.8 Å². The van der Waals surface area contributed by atoms with Gasteiger partial charge in [-0.15, -0.1) is 0 Å². The second-order valence-electron chi connectivity index (χ2n) is 4.74. The van der Waals surface area contributed by atoms with Crippen molar-refractivity contribution in [3.63, 3.8) is 0 Å². The Labute approximate surface area is 92.1 Å². The van der Waals surface area contributed by atoms with Gasteiger partial charge in [0, 0.05) is 6.04 Å². The molecule has 2 rings (SSSR count). The zero-order valence-corrected chi connectivity index (χ0v) is 9.70. The van der Waals surface area contributed by atoms with Gasteiger partial charge < -0.3 is 9.73 Å². The Kier molecular flexibility index (Phi) is 3.47. The zero-order chi connectivity index (χ0) is 10.7. The molecule has 0 aromatic carbocycles. The predicted octanol–water partition coefficient (Wildman–Crippen LogP) is 3.51. The van der Waals surface area contributed by atoms with Crippen LogP contribution >= 0.6 is 0 Å². The molecule has 0 aliphatic heterocycles. The van der Waals surface area contributed by atoms with E-state index in [9.17, 15) is 0 Å². The average molecular weight is 207 g/mol. The molecule has 1 aliphatic carbocycles. The normalized spacial score (nSPS) is 21.7. The molecule has 2 heteroatoms. The summed E-state index contributed by atoms with van der Waals surface area (Å²) in [7, 11) is 0. The van der Waals surface area contributed by atoms with E-state index in [4.69, 9.17) is 4.42 Å². The van der Waals surface area contributed by atoms with Crippen molar-refractivity contribution >= 4 is 0 Å². The highest BCUT2D eigenvalue weighted by molar-refractivity contribution is 5.03. The van der Waals surface area contributed by atoms with E-state index in [1.165, 1.54) is 25.7 Å². The largest absolute Gasteiger partial charge is 0.468 e. The van der Waals surface area contributed by atoms with Crippen molar-refractivity contribution in [3.8, 4) is 0 Å². The van der Waals surface area contributed by atoms with Crippen molar-refractivity contribution in [2.24, 2.45) is 5.92 Å². The molecule has 1 unspecified atom stereocenters. The fraction of sp³-hybridized carbons (Fsp3) is 0.692. The summed E-state index contributed by atoms with van der Waals surface area (Å²) in [6, 6.07) is 4.93. The number of furan rings is 1. The van der Waals surface area contributed by atoms with Crippen molar-refractivity contribution in [2.45, 2.75) is 51.6 Å². The molecule has 1 N–H and O–H groups in total. The second kappa shape index (κ2) is 4.84. The van der Waals surface area contributed by atoms with Gasteiger partial charge in [-0.2, -0.15) is 0 Å². The van der Waals surface area contributed by atoms with Crippen LogP contribution in [0.5, 0.6) is 0 Å². The van der Waals surface area contributed by atoms with E-state index in [1.54, 1.807) is 6.26 Å². The Morgan fingerprint density at radius 3 is 2.67 bits per heavy atom. The first kappa shape index (κ1) is 10.7. The van der Waals surface area contributed by atoms with Gasteiger partial charge in [0.05, 0.1) is 12.3 Å². The summed E-state index contributed by atoms with van der Waals surface area (Å²) >= 11 is 0. The third-order valence-electron chi connectivity index (χ3n) is 3.59. The van der Waals surface area contributed by atoms with Gasteiger partial charge >= 0.3 is 0 Å². The zero-order valence-electron chi connectivity index (χ0n) is 9.70. The van der Waals surface area contributed by atoms with E-state index in [2.05, 4.69) is 19.2 Å².